The fourth-order valence-corrected chi connectivity index (χ4v) is 2.75. The normalized spacial score (nSPS) is 29.5. The lowest BCUT2D eigenvalue weighted by Gasteiger charge is -2.45. The van der Waals surface area contributed by atoms with Gasteiger partial charge in [-0.2, -0.15) is 0 Å². The molecule has 0 radical (unpaired) electrons. The van der Waals surface area contributed by atoms with Gasteiger partial charge in [-0.1, -0.05) is 34.1 Å². The Kier molecular flexibility index (Phi) is 6.61. The first-order valence-electron chi connectivity index (χ1n) is 7.49. The number of nitrogens with one attached hydrogen (secondary N) is 1. The number of rotatable bonds is 6. The number of piperazine rings is 1. The summed E-state index contributed by atoms with van der Waals surface area (Å²) in [6.07, 6.45) is 1.57. The molecule has 1 saturated heterocycles. The Labute approximate surface area is 113 Å². The number of nitrogens with zero attached hydrogens (tertiary/aromatic N) is 1. The Morgan fingerprint density at radius 1 is 1.28 bits per heavy atom. The molecule has 0 spiro atoms. The largest absolute Gasteiger partial charge is 0.380 e. The predicted octanol–water partition coefficient (Wildman–Crippen LogP) is 2.37. The van der Waals surface area contributed by atoms with Crippen molar-refractivity contribution in [3.63, 3.8) is 0 Å². The quantitative estimate of drug-likeness (QED) is 0.789. The van der Waals surface area contributed by atoms with E-state index in [0.29, 0.717) is 24.1 Å². The van der Waals surface area contributed by atoms with Crippen LogP contribution in [0.25, 0.3) is 0 Å². The topological polar surface area (TPSA) is 24.5 Å². The summed E-state index contributed by atoms with van der Waals surface area (Å²) >= 11 is 0. The second-order valence-corrected chi connectivity index (χ2v) is 6.21. The van der Waals surface area contributed by atoms with Crippen LogP contribution in [0.4, 0.5) is 0 Å². The third-order valence-corrected chi connectivity index (χ3v) is 4.49. The van der Waals surface area contributed by atoms with Crippen molar-refractivity contribution in [3.05, 3.63) is 0 Å². The number of methoxy groups -OCH3 is 1. The summed E-state index contributed by atoms with van der Waals surface area (Å²) in [6.45, 7) is 14.8. The zero-order valence-corrected chi connectivity index (χ0v) is 13.1. The third-order valence-electron chi connectivity index (χ3n) is 4.49. The van der Waals surface area contributed by atoms with Gasteiger partial charge in [0.05, 0.1) is 6.10 Å². The third kappa shape index (κ3) is 4.22. The van der Waals surface area contributed by atoms with Crippen LogP contribution in [0, 0.1) is 11.8 Å². The molecule has 1 aliphatic heterocycles. The van der Waals surface area contributed by atoms with Gasteiger partial charge in [0.25, 0.3) is 0 Å². The van der Waals surface area contributed by atoms with Crippen LogP contribution in [0.5, 0.6) is 0 Å². The summed E-state index contributed by atoms with van der Waals surface area (Å²) in [6, 6.07) is 1.27. The first-order chi connectivity index (χ1) is 8.49. The van der Waals surface area contributed by atoms with Gasteiger partial charge in [-0.05, 0) is 18.8 Å². The summed E-state index contributed by atoms with van der Waals surface area (Å²) in [5.74, 6) is 1.44. The molecule has 0 aliphatic carbocycles. The molecule has 1 aliphatic rings. The van der Waals surface area contributed by atoms with Crippen molar-refractivity contribution in [2.45, 2.75) is 59.2 Å². The lowest BCUT2D eigenvalue weighted by Crippen LogP contribution is -2.61. The van der Waals surface area contributed by atoms with Crippen LogP contribution in [0.3, 0.4) is 0 Å². The Morgan fingerprint density at radius 2 is 1.94 bits per heavy atom. The van der Waals surface area contributed by atoms with Crippen LogP contribution in [0.15, 0.2) is 0 Å². The maximum absolute atomic E-state index is 5.45. The molecule has 0 amide bonds. The Balaban J connectivity index is 2.66. The van der Waals surface area contributed by atoms with E-state index in [1.165, 1.54) is 6.42 Å². The highest BCUT2D eigenvalue weighted by molar-refractivity contribution is 4.90. The number of ether oxygens (including phenoxy) is 1. The van der Waals surface area contributed by atoms with Crippen LogP contribution in [0.2, 0.25) is 0 Å². The molecular formula is C15H32N2O. The van der Waals surface area contributed by atoms with Crippen molar-refractivity contribution in [3.8, 4) is 0 Å². The van der Waals surface area contributed by atoms with Gasteiger partial charge in [0, 0.05) is 38.8 Å². The molecule has 0 aromatic carbocycles. The smallest absolute Gasteiger partial charge is 0.0670 e. The summed E-state index contributed by atoms with van der Waals surface area (Å²) in [4.78, 5) is 2.64. The first kappa shape index (κ1) is 15.9. The van der Waals surface area contributed by atoms with Gasteiger partial charge in [0.1, 0.15) is 0 Å². The molecule has 0 aromatic heterocycles. The molecule has 1 N–H and O–H groups in total. The van der Waals surface area contributed by atoms with Crippen LogP contribution in [-0.4, -0.2) is 49.8 Å². The average Bonchev–Trinajstić information content (AvgIpc) is 2.37. The maximum Gasteiger partial charge on any atom is 0.0670 e. The molecule has 0 bridgehead atoms. The maximum atomic E-state index is 5.45. The highest BCUT2D eigenvalue weighted by atomic mass is 16.5. The minimum atomic E-state index is 0.322. The molecular weight excluding hydrogens is 224 g/mol. The van der Waals surface area contributed by atoms with Crippen LogP contribution < -0.4 is 5.32 Å². The standard InChI is InChI=1S/C15H32N2O/c1-7-12(4)15-8-16-14(11(2)3)10-17(15)9-13(5)18-6/h11-16H,7-10H2,1-6H3. The minimum Gasteiger partial charge on any atom is -0.380 e. The van der Waals surface area contributed by atoms with Gasteiger partial charge in [-0.25, -0.2) is 0 Å². The first-order valence-corrected chi connectivity index (χ1v) is 7.49. The van der Waals surface area contributed by atoms with Crippen LogP contribution in [-0.2, 0) is 4.74 Å². The molecule has 1 rings (SSSR count). The molecule has 4 atom stereocenters. The van der Waals surface area contributed by atoms with Crippen molar-refractivity contribution in [2.24, 2.45) is 11.8 Å². The zero-order chi connectivity index (χ0) is 13.7. The van der Waals surface area contributed by atoms with E-state index in [2.05, 4.69) is 44.8 Å². The molecule has 3 nitrogen and oxygen atoms in total. The van der Waals surface area contributed by atoms with Crippen LogP contribution >= 0.6 is 0 Å². The monoisotopic (exact) mass is 256 g/mol. The molecule has 1 fully saturated rings. The van der Waals surface area contributed by atoms with Crippen molar-refractivity contribution < 1.29 is 4.74 Å². The molecule has 4 unspecified atom stereocenters. The fraction of sp³-hybridized carbons (Fsp3) is 1.00. The van der Waals surface area contributed by atoms with E-state index in [9.17, 15) is 0 Å². The fourth-order valence-electron chi connectivity index (χ4n) is 2.75. The Hall–Kier alpha value is -0.120. The molecule has 18 heavy (non-hydrogen) atoms. The van der Waals surface area contributed by atoms with Gasteiger partial charge in [-0.15, -0.1) is 0 Å². The lowest BCUT2D eigenvalue weighted by atomic mass is 9.91. The highest BCUT2D eigenvalue weighted by Crippen LogP contribution is 2.21. The van der Waals surface area contributed by atoms with Gasteiger partial charge < -0.3 is 10.1 Å². The second-order valence-electron chi connectivity index (χ2n) is 6.21. The van der Waals surface area contributed by atoms with E-state index in [1.54, 1.807) is 0 Å². The Bertz CT molecular complexity index is 233. The van der Waals surface area contributed by atoms with E-state index in [1.807, 2.05) is 7.11 Å². The van der Waals surface area contributed by atoms with Gasteiger partial charge >= 0.3 is 0 Å². The molecule has 0 saturated carbocycles. The van der Waals surface area contributed by atoms with E-state index >= 15 is 0 Å². The van der Waals surface area contributed by atoms with Crippen molar-refractivity contribution in [1.82, 2.24) is 10.2 Å². The number of hydrogen-bond donors (Lipinski definition) is 1. The highest BCUT2D eigenvalue weighted by Gasteiger charge is 2.32. The molecule has 0 aromatic rings. The van der Waals surface area contributed by atoms with E-state index < -0.39 is 0 Å². The SMILES string of the molecule is CCC(C)C1CNC(C(C)C)CN1CC(C)OC. The zero-order valence-electron chi connectivity index (χ0n) is 13.1. The predicted molar refractivity (Wildman–Crippen MR) is 77.9 cm³/mol. The summed E-state index contributed by atoms with van der Waals surface area (Å²) in [5.41, 5.74) is 0. The van der Waals surface area contributed by atoms with E-state index in [0.717, 1.165) is 25.6 Å². The lowest BCUT2D eigenvalue weighted by molar-refractivity contribution is 0.0199. The Morgan fingerprint density at radius 3 is 2.44 bits per heavy atom. The number of hydrogen-bond acceptors (Lipinski definition) is 3. The molecule has 1 heterocycles. The second kappa shape index (κ2) is 7.46. The molecule has 108 valence electrons. The van der Waals surface area contributed by atoms with Gasteiger partial charge in [0.2, 0.25) is 0 Å². The van der Waals surface area contributed by atoms with Crippen molar-refractivity contribution in [1.29, 1.82) is 0 Å². The van der Waals surface area contributed by atoms with E-state index in [-0.39, 0.29) is 0 Å². The summed E-state index contributed by atoms with van der Waals surface area (Å²) in [5, 5.41) is 3.72. The summed E-state index contributed by atoms with van der Waals surface area (Å²) in [7, 11) is 1.81. The van der Waals surface area contributed by atoms with Crippen molar-refractivity contribution >= 4 is 0 Å². The van der Waals surface area contributed by atoms with Gasteiger partial charge in [0.15, 0.2) is 0 Å². The van der Waals surface area contributed by atoms with Crippen LogP contribution in [0.1, 0.15) is 41.0 Å². The molecule has 3 heteroatoms. The average molecular weight is 256 g/mol. The minimum absolute atomic E-state index is 0.322. The van der Waals surface area contributed by atoms with Crippen molar-refractivity contribution in [2.75, 3.05) is 26.7 Å². The van der Waals surface area contributed by atoms with Gasteiger partial charge in [-0.3, -0.25) is 4.90 Å². The van der Waals surface area contributed by atoms with E-state index in [4.69, 9.17) is 4.74 Å². The summed E-state index contributed by atoms with van der Waals surface area (Å²) < 4.78 is 5.45.